The summed E-state index contributed by atoms with van der Waals surface area (Å²) in [5, 5.41) is 11.5. The standard InChI is InChI=1S/C18H16N2O3/c1-12(21)14-5-8-17(23-2)15(9-14)10-18(22)20-16-6-3-13(11-19)4-7-16/h3-9H,10H2,1-2H3,(H,20,22). The van der Waals surface area contributed by atoms with Gasteiger partial charge in [0, 0.05) is 16.8 Å². The number of methoxy groups -OCH3 is 1. The lowest BCUT2D eigenvalue weighted by Gasteiger charge is -2.10. The summed E-state index contributed by atoms with van der Waals surface area (Å²) in [4.78, 5) is 23.6. The first-order valence-electron chi connectivity index (χ1n) is 7.01. The van der Waals surface area contributed by atoms with Gasteiger partial charge < -0.3 is 10.1 Å². The van der Waals surface area contributed by atoms with Crippen LogP contribution in [0.1, 0.15) is 28.4 Å². The summed E-state index contributed by atoms with van der Waals surface area (Å²) in [7, 11) is 1.52. The van der Waals surface area contributed by atoms with Crippen molar-refractivity contribution in [2.75, 3.05) is 12.4 Å². The Morgan fingerprint density at radius 3 is 2.43 bits per heavy atom. The molecule has 1 N–H and O–H groups in total. The van der Waals surface area contributed by atoms with E-state index in [1.807, 2.05) is 6.07 Å². The quantitative estimate of drug-likeness (QED) is 0.861. The normalized spacial score (nSPS) is 9.78. The van der Waals surface area contributed by atoms with Gasteiger partial charge in [0.05, 0.1) is 25.2 Å². The number of nitrogens with one attached hydrogen (secondary N) is 1. The molecule has 5 nitrogen and oxygen atoms in total. The number of amides is 1. The topological polar surface area (TPSA) is 79.2 Å². The summed E-state index contributed by atoms with van der Waals surface area (Å²) in [5.74, 6) is 0.264. The SMILES string of the molecule is COc1ccc(C(C)=O)cc1CC(=O)Nc1ccc(C#N)cc1. The fourth-order valence-electron chi connectivity index (χ4n) is 2.14. The molecule has 0 unspecified atom stereocenters. The van der Waals surface area contributed by atoms with Crippen LogP contribution >= 0.6 is 0 Å². The molecule has 0 saturated carbocycles. The number of carbonyl (C=O) groups excluding carboxylic acids is 2. The van der Waals surface area contributed by atoms with Crippen molar-refractivity contribution < 1.29 is 14.3 Å². The maximum absolute atomic E-state index is 12.2. The van der Waals surface area contributed by atoms with E-state index in [0.717, 1.165) is 0 Å². The molecule has 2 aromatic rings. The third-order valence-electron chi connectivity index (χ3n) is 3.34. The zero-order chi connectivity index (χ0) is 16.8. The van der Waals surface area contributed by atoms with Crippen molar-refractivity contribution in [3.8, 4) is 11.8 Å². The fourth-order valence-corrected chi connectivity index (χ4v) is 2.14. The minimum atomic E-state index is -0.228. The van der Waals surface area contributed by atoms with Crippen LogP contribution in [-0.2, 0) is 11.2 Å². The average Bonchev–Trinajstić information content (AvgIpc) is 2.55. The van der Waals surface area contributed by atoms with Gasteiger partial charge in [-0.05, 0) is 49.4 Å². The van der Waals surface area contributed by atoms with Crippen molar-refractivity contribution >= 4 is 17.4 Å². The zero-order valence-electron chi connectivity index (χ0n) is 12.9. The number of hydrogen-bond donors (Lipinski definition) is 1. The molecule has 0 bridgehead atoms. The Bertz CT molecular complexity index is 774. The minimum absolute atomic E-state index is 0.0681. The molecule has 5 heteroatoms. The van der Waals surface area contributed by atoms with E-state index < -0.39 is 0 Å². The highest BCUT2D eigenvalue weighted by Gasteiger charge is 2.11. The van der Waals surface area contributed by atoms with Crippen molar-refractivity contribution in [3.63, 3.8) is 0 Å². The molecule has 0 heterocycles. The number of carbonyl (C=O) groups is 2. The number of nitrogens with zero attached hydrogens (tertiary/aromatic N) is 1. The second-order valence-electron chi connectivity index (χ2n) is 5.00. The van der Waals surface area contributed by atoms with Gasteiger partial charge in [0.25, 0.3) is 0 Å². The summed E-state index contributed by atoms with van der Waals surface area (Å²) < 4.78 is 5.23. The number of ketones is 1. The molecule has 2 rings (SSSR count). The number of rotatable bonds is 5. The van der Waals surface area contributed by atoms with Crippen LogP contribution in [-0.4, -0.2) is 18.8 Å². The van der Waals surface area contributed by atoms with E-state index in [4.69, 9.17) is 10.00 Å². The van der Waals surface area contributed by atoms with Crippen molar-refractivity contribution in [3.05, 3.63) is 59.2 Å². The Kier molecular flexibility index (Phi) is 5.11. The Morgan fingerprint density at radius 1 is 1.17 bits per heavy atom. The van der Waals surface area contributed by atoms with Crippen molar-refractivity contribution in [1.29, 1.82) is 5.26 Å². The number of anilines is 1. The molecule has 0 aliphatic rings. The Balaban J connectivity index is 2.14. The number of nitriles is 1. The third-order valence-corrected chi connectivity index (χ3v) is 3.34. The Morgan fingerprint density at radius 2 is 1.87 bits per heavy atom. The van der Waals surface area contributed by atoms with Crippen LogP contribution in [0.4, 0.5) is 5.69 Å². The third kappa shape index (κ3) is 4.17. The summed E-state index contributed by atoms with van der Waals surface area (Å²) >= 11 is 0. The van der Waals surface area contributed by atoms with Crippen molar-refractivity contribution in [2.45, 2.75) is 13.3 Å². The molecule has 0 aliphatic carbocycles. The summed E-state index contributed by atoms with van der Waals surface area (Å²) in [6.45, 7) is 1.47. The lowest BCUT2D eigenvalue weighted by molar-refractivity contribution is -0.115. The van der Waals surface area contributed by atoms with Crippen LogP contribution in [0.25, 0.3) is 0 Å². The smallest absolute Gasteiger partial charge is 0.228 e. The van der Waals surface area contributed by atoms with Gasteiger partial charge in [-0.3, -0.25) is 9.59 Å². The summed E-state index contributed by atoms with van der Waals surface area (Å²) in [6, 6.07) is 13.6. The number of benzene rings is 2. The van der Waals surface area contributed by atoms with E-state index in [0.29, 0.717) is 28.1 Å². The Labute approximate surface area is 134 Å². The Hall–Kier alpha value is -3.13. The highest BCUT2D eigenvalue weighted by molar-refractivity contribution is 5.96. The first kappa shape index (κ1) is 16.2. The van der Waals surface area contributed by atoms with Gasteiger partial charge in [-0.15, -0.1) is 0 Å². The highest BCUT2D eigenvalue weighted by Crippen LogP contribution is 2.21. The van der Waals surface area contributed by atoms with Gasteiger partial charge >= 0.3 is 0 Å². The number of ether oxygens (including phenoxy) is 1. The van der Waals surface area contributed by atoms with E-state index >= 15 is 0 Å². The predicted molar refractivity (Wildman–Crippen MR) is 86.5 cm³/mol. The first-order valence-corrected chi connectivity index (χ1v) is 7.01. The zero-order valence-corrected chi connectivity index (χ0v) is 12.9. The van der Waals surface area contributed by atoms with Gasteiger partial charge in [0.2, 0.25) is 5.91 Å². The lowest BCUT2D eigenvalue weighted by Crippen LogP contribution is -2.15. The lowest BCUT2D eigenvalue weighted by atomic mass is 10.0. The molecule has 116 valence electrons. The second kappa shape index (κ2) is 7.23. The van der Waals surface area contributed by atoms with Gasteiger partial charge in [-0.1, -0.05) is 0 Å². The molecule has 1 amide bonds. The summed E-state index contributed by atoms with van der Waals surface area (Å²) in [5.41, 5.74) is 2.31. The number of hydrogen-bond acceptors (Lipinski definition) is 4. The molecule has 0 spiro atoms. The molecule has 0 fully saturated rings. The summed E-state index contributed by atoms with van der Waals surface area (Å²) in [6.07, 6.45) is 0.0876. The van der Waals surface area contributed by atoms with Crippen LogP contribution in [0.5, 0.6) is 5.75 Å². The maximum Gasteiger partial charge on any atom is 0.228 e. The maximum atomic E-state index is 12.2. The average molecular weight is 308 g/mol. The predicted octanol–water partition coefficient (Wildman–Crippen LogP) is 2.95. The van der Waals surface area contributed by atoms with Crippen LogP contribution < -0.4 is 10.1 Å². The first-order chi connectivity index (χ1) is 11.0. The monoisotopic (exact) mass is 308 g/mol. The highest BCUT2D eigenvalue weighted by atomic mass is 16.5. The molecule has 0 saturated heterocycles. The largest absolute Gasteiger partial charge is 0.496 e. The van der Waals surface area contributed by atoms with E-state index in [2.05, 4.69) is 5.32 Å². The van der Waals surface area contributed by atoms with E-state index in [1.165, 1.54) is 14.0 Å². The molecule has 23 heavy (non-hydrogen) atoms. The van der Waals surface area contributed by atoms with Crippen LogP contribution in [0.3, 0.4) is 0 Å². The minimum Gasteiger partial charge on any atom is -0.496 e. The molecule has 0 atom stereocenters. The van der Waals surface area contributed by atoms with E-state index in [9.17, 15) is 9.59 Å². The van der Waals surface area contributed by atoms with Crippen LogP contribution in [0, 0.1) is 11.3 Å². The van der Waals surface area contributed by atoms with Crippen LogP contribution in [0.2, 0.25) is 0 Å². The molecule has 0 radical (unpaired) electrons. The fraction of sp³-hybridized carbons (Fsp3) is 0.167. The van der Waals surface area contributed by atoms with Gasteiger partial charge in [0.1, 0.15) is 5.75 Å². The van der Waals surface area contributed by atoms with Gasteiger partial charge in [0.15, 0.2) is 5.78 Å². The molecule has 0 aliphatic heterocycles. The van der Waals surface area contributed by atoms with Crippen molar-refractivity contribution in [2.24, 2.45) is 0 Å². The molecular formula is C18H16N2O3. The molecule has 0 aromatic heterocycles. The van der Waals surface area contributed by atoms with E-state index in [1.54, 1.807) is 42.5 Å². The van der Waals surface area contributed by atoms with Crippen LogP contribution in [0.15, 0.2) is 42.5 Å². The van der Waals surface area contributed by atoms with E-state index in [-0.39, 0.29) is 18.1 Å². The molecule has 2 aromatic carbocycles. The van der Waals surface area contributed by atoms with Gasteiger partial charge in [-0.25, -0.2) is 0 Å². The molecular weight excluding hydrogens is 292 g/mol. The second-order valence-corrected chi connectivity index (χ2v) is 5.00. The number of Topliss-reactive ketones (excluding diaryl/α,β-unsaturated/α-hetero) is 1. The van der Waals surface area contributed by atoms with Crippen molar-refractivity contribution in [1.82, 2.24) is 0 Å². The van der Waals surface area contributed by atoms with Gasteiger partial charge in [-0.2, -0.15) is 5.26 Å².